The van der Waals surface area contributed by atoms with Gasteiger partial charge in [-0.3, -0.25) is 9.59 Å². The van der Waals surface area contributed by atoms with Crippen molar-refractivity contribution < 1.29 is 9.59 Å². The number of hydrogen-bond acceptors (Lipinski definition) is 2. The largest absolute Gasteiger partial charge is 0.334 e. The molecule has 2 amide bonds. The first-order valence-corrected chi connectivity index (χ1v) is 12.4. The third-order valence-corrected chi connectivity index (χ3v) is 6.92. The predicted octanol–water partition coefficient (Wildman–Crippen LogP) is 5.97. The Labute approximate surface area is 192 Å². The lowest BCUT2D eigenvalue weighted by molar-refractivity contribution is -0.132. The molecule has 0 saturated carbocycles. The van der Waals surface area contributed by atoms with Crippen molar-refractivity contribution in [2.45, 2.75) is 90.4 Å². The Balaban J connectivity index is 0.975. The number of carbonyl (C=O) groups excluding carboxylic acids is 2. The number of fused-ring (bicyclic) bond motifs is 2. The average molecular weight is 433 g/mol. The zero-order valence-electron chi connectivity index (χ0n) is 19.2. The van der Waals surface area contributed by atoms with Crippen LogP contribution in [-0.2, 0) is 35.8 Å². The van der Waals surface area contributed by atoms with Gasteiger partial charge >= 0.3 is 0 Å². The zero-order chi connectivity index (χ0) is 22.2. The van der Waals surface area contributed by atoms with Crippen LogP contribution in [0, 0.1) is 0 Å². The first kappa shape index (κ1) is 22.6. The van der Waals surface area contributed by atoms with Gasteiger partial charge in [0, 0.05) is 39.0 Å². The van der Waals surface area contributed by atoms with Crippen molar-refractivity contribution in [2.24, 2.45) is 0 Å². The molecule has 2 aliphatic rings. The van der Waals surface area contributed by atoms with Gasteiger partial charge in [-0.25, -0.2) is 0 Å². The van der Waals surface area contributed by atoms with Crippen molar-refractivity contribution in [1.82, 2.24) is 9.80 Å². The summed E-state index contributed by atoms with van der Waals surface area (Å²) < 4.78 is 0. The molecule has 2 aliphatic heterocycles. The quantitative estimate of drug-likeness (QED) is 0.410. The van der Waals surface area contributed by atoms with Crippen LogP contribution in [0.3, 0.4) is 0 Å². The Morgan fingerprint density at radius 1 is 0.500 bits per heavy atom. The van der Waals surface area contributed by atoms with Crippen LogP contribution in [0.5, 0.6) is 0 Å². The minimum atomic E-state index is 0.298. The molecule has 0 atom stereocenters. The minimum Gasteiger partial charge on any atom is -0.334 e. The molecule has 2 aromatic carbocycles. The van der Waals surface area contributed by atoms with Crippen molar-refractivity contribution in [2.75, 3.05) is 0 Å². The van der Waals surface area contributed by atoms with Crippen molar-refractivity contribution >= 4 is 11.8 Å². The van der Waals surface area contributed by atoms with Gasteiger partial charge in [-0.2, -0.15) is 0 Å². The molecule has 0 saturated heterocycles. The lowest BCUT2D eigenvalue weighted by Gasteiger charge is -2.15. The molecule has 0 fully saturated rings. The average Bonchev–Trinajstić information content (AvgIpc) is 3.44. The zero-order valence-corrected chi connectivity index (χ0v) is 19.2. The van der Waals surface area contributed by atoms with Crippen molar-refractivity contribution in [3.8, 4) is 0 Å². The smallest absolute Gasteiger partial charge is 0.223 e. The molecule has 0 bridgehead atoms. The summed E-state index contributed by atoms with van der Waals surface area (Å²) in [6, 6.07) is 16.7. The Morgan fingerprint density at radius 3 is 1.09 bits per heavy atom. The van der Waals surface area contributed by atoms with Crippen molar-refractivity contribution in [1.29, 1.82) is 0 Å². The van der Waals surface area contributed by atoms with E-state index in [1.807, 2.05) is 9.80 Å². The third-order valence-electron chi connectivity index (χ3n) is 6.92. The van der Waals surface area contributed by atoms with E-state index in [0.29, 0.717) is 24.7 Å². The minimum absolute atomic E-state index is 0.298. The summed E-state index contributed by atoms with van der Waals surface area (Å²) in [6.45, 7) is 3.12. The molecule has 0 radical (unpaired) electrons. The van der Waals surface area contributed by atoms with Crippen molar-refractivity contribution in [3.63, 3.8) is 0 Å². The first-order chi connectivity index (χ1) is 15.7. The highest BCUT2D eigenvalue weighted by atomic mass is 16.2. The monoisotopic (exact) mass is 432 g/mol. The molecule has 0 aromatic heterocycles. The molecule has 4 rings (SSSR count). The van der Waals surface area contributed by atoms with Gasteiger partial charge in [0.1, 0.15) is 0 Å². The fourth-order valence-corrected chi connectivity index (χ4v) is 4.95. The third kappa shape index (κ3) is 5.99. The van der Waals surface area contributed by atoms with Gasteiger partial charge in [0.05, 0.1) is 0 Å². The second kappa shape index (κ2) is 11.3. The second-order valence-corrected chi connectivity index (χ2v) is 9.37. The van der Waals surface area contributed by atoms with E-state index in [-0.39, 0.29) is 0 Å². The highest BCUT2D eigenvalue weighted by molar-refractivity contribution is 5.77. The maximum absolute atomic E-state index is 12.4. The molecular formula is C28H36N2O2. The molecule has 0 spiro atoms. The molecule has 0 unspecified atom stereocenters. The van der Waals surface area contributed by atoms with Crippen LogP contribution in [-0.4, -0.2) is 21.6 Å². The lowest BCUT2D eigenvalue weighted by atomic mass is 10.1. The molecular weight excluding hydrogens is 396 g/mol. The van der Waals surface area contributed by atoms with Gasteiger partial charge < -0.3 is 9.80 Å². The van der Waals surface area contributed by atoms with Crippen LogP contribution in [0.15, 0.2) is 48.5 Å². The summed E-state index contributed by atoms with van der Waals surface area (Å²) in [4.78, 5) is 28.8. The molecule has 2 heterocycles. The first-order valence-electron chi connectivity index (χ1n) is 12.4. The summed E-state index contributed by atoms with van der Waals surface area (Å²) in [5.41, 5.74) is 5.20. The highest BCUT2D eigenvalue weighted by Crippen LogP contribution is 2.24. The Hall–Kier alpha value is -2.62. The Bertz CT molecular complexity index is 798. The van der Waals surface area contributed by atoms with E-state index in [2.05, 4.69) is 48.5 Å². The number of rotatable bonds is 11. The number of hydrogen-bond donors (Lipinski definition) is 0. The molecule has 170 valence electrons. The van der Waals surface area contributed by atoms with Gasteiger partial charge in [0.15, 0.2) is 0 Å². The summed E-state index contributed by atoms with van der Waals surface area (Å²) in [6.07, 6.45) is 10.5. The number of benzene rings is 2. The second-order valence-electron chi connectivity index (χ2n) is 9.37. The maximum Gasteiger partial charge on any atom is 0.223 e. The standard InChI is InChI=1S/C28H36N2O2/c31-27(29-19-23-13-9-10-14-24(23)20-29)17-7-5-3-1-2-4-6-8-18-28(32)30-21-25-15-11-12-16-26(25)22-30/h9-16H,1-8,17-22H2. The summed E-state index contributed by atoms with van der Waals surface area (Å²) in [7, 11) is 0. The topological polar surface area (TPSA) is 40.6 Å². The fraction of sp³-hybridized carbons (Fsp3) is 0.500. The van der Waals surface area contributed by atoms with Gasteiger partial charge in [0.25, 0.3) is 0 Å². The van der Waals surface area contributed by atoms with E-state index < -0.39 is 0 Å². The van der Waals surface area contributed by atoms with Gasteiger partial charge in [-0.15, -0.1) is 0 Å². The molecule has 4 nitrogen and oxygen atoms in total. The van der Waals surface area contributed by atoms with Gasteiger partial charge in [-0.05, 0) is 35.1 Å². The molecule has 2 aromatic rings. The Morgan fingerprint density at radius 2 is 0.781 bits per heavy atom. The van der Waals surface area contributed by atoms with Crippen LogP contribution >= 0.6 is 0 Å². The van der Waals surface area contributed by atoms with Gasteiger partial charge in [-0.1, -0.05) is 87.1 Å². The number of nitrogens with zero attached hydrogens (tertiary/aromatic N) is 2. The molecule has 0 N–H and O–H groups in total. The SMILES string of the molecule is O=C(CCCCCCCCCCC(=O)N1Cc2ccccc2C1)N1Cc2ccccc2C1. The van der Waals surface area contributed by atoms with E-state index >= 15 is 0 Å². The number of carbonyl (C=O) groups is 2. The number of amides is 2. The van der Waals surface area contributed by atoms with Crippen molar-refractivity contribution in [3.05, 3.63) is 70.8 Å². The highest BCUT2D eigenvalue weighted by Gasteiger charge is 2.23. The van der Waals surface area contributed by atoms with E-state index in [1.54, 1.807) is 0 Å². The molecule has 4 heteroatoms. The van der Waals surface area contributed by atoms with Crippen LogP contribution in [0.2, 0.25) is 0 Å². The predicted molar refractivity (Wildman–Crippen MR) is 128 cm³/mol. The normalized spacial score (nSPS) is 14.5. The maximum atomic E-state index is 12.4. The summed E-state index contributed by atoms with van der Waals surface area (Å²) in [5.74, 6) is 0.596. The van der Waals surface area contributed by atoms with E-state index in [0.717, 1.165) is 51.9 Å². The van der Waals surface area contributed by atoms with E-state index in [1.165, 1.54) is 47.9 Å². The van der Waals surface area contributed by atoms with E-state index in [9.17, 15) is 9.59 Å². The van der Waals surface area contributed by atoms with Crippen LogP contribution < -0.4 is 0 Å². The molecule has 32 heavy (non-hydrogen) atoms. The summed E-state index contributed by atoms with van der Waals surface area (Å²) >= 11 is 0. The van der Waals surface area contributed by atoms with Crippen LogP contribution in [0.1, 0.15) is 86.5 Å². The molecule has 0 aliphatic carbocycles. The fourth-order valence-electron chi connectivity index (χ4n) is 4.95. The van der Waals surface area contributed by atoms with E-state index in [4.69, 9.17) is 0 Å². The van der Waals surface area contributed by atoms with Crippen LogP contribution in [0.25, 0.3) is 0 Å². The number of unbranched alkanes of at least 4 members (excludes halogenated alkanes) is 7. The van der Waals surface area contributed by atoms with Gasteiger partial charge in [0.2, 0.25) is 11.8 Å². The van der Waals surface area contributed by atoms with Crippen LogP contribution in [0.4, 0.5) is 0 Å². The lowest BCUT2D eigenvalue weighted by Crippen LogP contribution is -2.24. The Kier molecular flexibility index (Phi) is 7.97. The summed E-state index contributed by atoms with van der Waals surface area (Å²) in [5, 5.41) is 0.